The molecule has 0 aliphatic carbocycles. The Bertz CT molecular complexity index is 669. The minimum Gasteiger partial charge on any atom is -0.395 e. The van der Waals surface area contributed by atoms with Gasteiger partial charge in [0, 0.05) is 6.07 Å². The predicted octanol–water partition coefficient (Wildman–Crippen LogP) is 2.05. The summed E-state index contributed by atoms with van der Waals surface area (Å²) in [4.78, 5) is 0. The molecular formula is C11H10F2N2O4S. The lowest BCUT2D eigenvalue weighted by molar-refractivity contribution is -0.286. The maximum Gasteiger partial charge on any atom is 0.586 e. The summed E-state index contributed by atoms with van der Waals surface area (Å²) < 4.78 is 59.8. The second-order valence-electron chi connectivity index (χ2n) is 4.00. The van der Waals surface area contributed by atoms with Crippen LogP contribution in [-0.2, 0) is 10.0 Å². The van der Waals surface area contributed by atoms with E-state index in [1.54, 1.807) is 13.0 Å². The fraction of sp³-hybridized carbons (Fsp3) is 0.364. The third-order valence-corrected chi connectivity index (χ3v) is 4.26. The first kappa shape index (κ1) is 14.3. The summed E-state index contributed by atoms with van der Waals surface area (Å²) in [5, 5.41) is 7.52. The number of nitrogens with one attached hydrogen (secondary N) is 1. The molecule has 6 nitrogen and oxygen atoms in total. The number of anilines is 1. The Labute approximate surface area is 114 Å². The van der Waals surface area contributed by atoms with Crippen LogP contribution in [0.25, 0.3) is 0 Å². The third-order valence-electron chi connectivity index (χ3n) is 2.55. The molecule has 108 valence electrons. The Morgan fingerprint density at radius 3 is 2.65 bits per heavy atom. The van der Waals surface area contributed by atoms with Crippen LogP contribution in [0.5, 0.6) is 11.5 Å². The van der Waals surface area contributed by atoms with Gasteiger partial charge in [-0.2, -0.15) is 5.26 Å². The Kier molecular flexibility index (Phi) is 3.43. The van der Waals surface area contributed by atoms with Crippen LogP contribution in [0.2, 0.25) is 0 Å². The van der Waals surface area contributed by atoms with Crippen molar-refractivity contribution in [1.29, 1.82) is 5.26 Å². The van der Waals surface area contributed by atoms with Crippen LogP contribution in [0.1, 0.15) is 13.3 Å². The zero-order valence-corrected chi connectivity index (χ0v) is 11.1. The number of halogens is 2. The van der Waals surface area contributed by atoms with Gasteiger partial charge in [0.15, 0.2) is 16.7 Å². The fourth-order valence-electron chi connectivity index (χ4n) is 1.63. The minimum atomic E-state index is -3.92. The first-order chi connectivity index (χ1) is 9.27. The Balaban J connectivity index is 2.24. The van der Waals surface area contributed by atoms with E-state index in [-0.39, 0.29) is 23.6 Å². The van der Waals surface area contributed by atoms with E-state index in [0.29, 0.717) is 0 Å². The Hall–Kier alpha value is -2.08. The average Bonchev–Trinajstić information content (AvgIpc) is 2.62. The number of fused-ring (bicyclic) bond motifs is 1. The van der Waals surface area contributed by atoms with Crippen molar-refractivity contribution in [3.8, 4) is 17.6 Å². The Morgan fingerprint density at radius 2 is 2.05 bits per heavy atom. The Morgan fingerprint density at radius 1 is 1.40 bits per heavy atom. The number of alkyl halides is 2. The first-order valence-corrected chi connectivity index (χ1v) is 7.13. The van der Waals surface area contributed by atoms with Gasteiger partial charge in [-0.05, 0) is 18.6 Å². The summed E-state index contributed by atoms with van der Waals surface area (Å²) in [6.45, 7) is 1.55. The molecule has 0 bridgehead atoms. The van der Waals surface area contributed by atoms with Crippen LogP contribution in [0, 0.1) is 11.3 Å². The van der Waals surface area contributed by atoms with Crippen LogP contribution in [0.15, 0.2) is 18.2 Å². The summed E-state index contributed by atoms with van der Waals surface area (Å²) in [7, 11) is -3.92. The van der Waals surface area contributed by atoms with Crippen LogP contribution in [0.4, 0.5) is 14.5 Å². The summed E-state index contributed by atoms with van der Waals surface area (Å²) >= 11 is 0. The third kappa shape index (κ3) is 2.75. The number of rotatable bonds is 4. The molecule has 0 saturated heterocycles. The lowest BCUT2D eigenvalue weighted by Crippen LogP contribution is -2.26. The minimum absolute atomic E-state index is 0.0127. The van der Waals surface area contributed by atoms with Crippen LogP contribution in [-0.4, -0.2) is 20.0 Å². The van der Waals surface area contributed by atoms with Gasteiger partial charge >= 0.3 is 6.29 Å². The molecule has 1 aromatic carbocycles. The van der Waals surface area contributed by atoms with E-state index < -0.39 is 21.6 Å². The van der Waals surface area contributed by atoms with E-state index in [2.05, 4.69) is 14.2 Å². The van der Waals surface area contributed by atoms with Crippen molar-refractivity contribution in [3.63, 3.8) is 0 Å². The van der Waals surface area contributed by atoms with Gasteiger partial charge in [-0.25, -0.2) is 8.42 Å². The predicted molar refractivity (Wildman–Crippen MR) is 64.9 cm³/mol. The standard InChI is InChI=1S/C11H10F2N2O4S/c1-2-8(6-14)20(16,17)15-7-3-4-9-10(5-7)19-11(12,13)18-9/h3-5,8,15H,2H2,1H3. The van der Waals surface area contributed by atoms with Crippen LogP contribution >= 0.6 is 0 Å². The SMILES string of the molecule is CCC(C#N)S(=O)(=O)Nc1ccc2c(c1)OC(F)(F)O2. The highest BCUT2D eigenvalue weighted by molar-refractivity contribution is 7.93. The molecule has 0 radical (unpaired) electrons. The van der Waals surface area contributed by atoms with Gasteiger partial charge in [-0.3, -0.25) is 4.72 Å². The van der Waals surface area contributed by atoms with Crippen molar-refractivity contribution in [3.05, 3.63) is 18.2 Å². The second-order valence-corrected chi connectivity index (χ2v) is 5.87. The number of hydrogen-bond donors (Lipinski definition) is 1. The van der Waals surface area contributed by atoms with Gasteiger partial charge in [0.25, 0.3) is 0 Å². The van der Waals surface area contributed by atoms with Crippen molar-refractivity contribution >= 4 is 15.7 Å². The van der Waals surface area contributed by atoms with E-state index in [9.17, 15) is 17.2 Å². The fourth-order valence-corrected chi connectivity index (χ4v) is 2.80. The number of benzene rings is 1. The largest absolute Gasteiger partial charge is 0.586 e. The van der Waals surface area contributed by atoms with Crippen molar-refractivity contribution in [2.75, 3.05) is 4.72 Å². The number of nitriles is 1. The molecule has 0 saturated carbocycles. The molecule has 0 aromatic heterocycles. The molecular weight excluding hydrogens is 294 g/mol. The van der Waals surface area contributed by atoms with Gasteiger partial charge in [0.2, 0.25) is 10.0 Å². The van der Waals surface area contributed by atoms with Crippen molar-refractivity contribution in [1.82, 2.24) is 0 Å². The van der Waals surface area contributed by atoms with E-state index in [0.717, 1.165) is 12.1 Å². The number of hydrogen-bond acceptors (Lipinski definition) is 5. The number of nitrogens with zero attached hydrogens (tertiary/aromatic N) is 1. The topological polar surface area (TPSA) is 88.4 Å². The molecule has 0 amide bonds. The summed E-state index contributed by atoms with van der Waals surface area (Å²) in [5.74, 6) is -0.467. The van der Waals surface area contributed by atoms with E-state index in [4.69, 9.17) is 5.26 Å². The van der Waals surface area contributed by atoms with Gasteiger partial charge in [-0.15, -0.1) is 8.78 Å². The van der Waals surface area contributed by atoms with Gasteiger partial charge in [0.1, 0.15) is 0 Å². The average molecular weight is 304 g/mol. The molecule has 20 heavy (non-hydrogen) atoms. The van der Waals surface area contributed by atoms with Crippen molar-refractivity contribution < 1.29 is 26.7 Å². The van der Waals surface area contributed by atoms with Crippen molar-refractivity contribution in [2.45, 2.75) is 24.9 Å². The summed E-state index contributed by atoms with van der Waals surface area (Å²) in [6.07, 6.45) is -3.66. The second kappa shape index (κ2) is 4.79. The lowest BCUT2D eigenvalue weighted by atomic mass is 10.3. The zero-order valence-electron chi connectivity index (χ0n) is 10.3. The summed E-state index contributed by atoms with van der Waals surface area (Å²) in [6, 6.07) is 5.11. The molecule has 1 aliphatic rings. The van der Waals surface area contributed by atoms with E-state index >= 15 is 0 Å². The van der Waals surface area contributed by atoms with Crippen LogP contribution < -0.4 is 14.2 Å². The first-order valence-electron chi connectivity index (χ1n) is 5.58. The maximum absolute atomic E-state index is 12.8. The molecule has 0 spiro atoms. The summed E-state index contributed by atoms with van der Waals surface area (Å²) in [5.41, 5.74) is 0.0127. The van der Waals surface area contributed by atoms with E-state index in [1.807, 2.05) is 0 Å². The van der Waals surface area contributed by atoms with Gasteiger partial charge < -0.3 is 9.47 Å². The normalized spacial score (nSPS) is 17.3. The highest BCUT2D eigenvalue weighted by Gasteiger charge is 2.43. The smallest absolute Gasteiger partial charge is 0.395 e. The molecule has 1 heterocycles. The molecule has 1 N–H and O–H groups in total. The molecule has 1 aliphatic heterocycles. The highest BCUT2D eigenvalue weighted by Crippen LogP contribution is 2.42. The van der Waals surface area contributed by atoms with Gasteiger partial charge in [0.05, 0.1) is 11.8 Å². The highest BCUT2D eigenvalue weighted by atomic mass is 32.2. The molecule has 1 aromatic rings. The molecule has 2 rings (SSSR count). The molecule has 1 unspecified atom stereocenters. The molecule has 9 heteroatoms. The maximum atomic E-state index is 12.8. The number of sulfonamides is 1. The molecule has 1 atom stereocenters. The zero-order chi connectivity index (χ0) is 15.0. The van der Waals surface area contributed by atoms with E-state index in [1.165, 1.54) is 6.07 Å². The molecule has 0 fully saturated rings. The van der Waals surface area contributed by atoms with Gasteiger partial charge in [-0.1, -0.05) is 6.92 Å². The van der Waals surface area contributed by atoms with Crippen LogP contribution in [0.3, 0.4) is 0 Å². The quantitative estimate of drug-likeness (QED) is 0.919. The number of ether oxygens (including phenoxy) is 2. The monoisotopic (exact) mass is 304 g/mol. The van der Waals surface area contributed by atoms with Crippen molar-refractivity contribution in [2.24, 2.45) is 0 Å². The lowest BCUT2D eigenvalue weighted by Gasteiger charge is -2.11.